The molecule has 3 aromatic rings. The predicted molar refractivity (Wildman–Crippen MR) is 94.7 cm³/mol. The molecule has 1 fully saturated rings. The summed E-state index contributed by atoms with van der Waals surface area (Å²) in [5.74, 6) is -0.242. The number of aryl methyl sites for hydroxylation is 1. The van der Waals surface area contributed by atoms with Crippen molar-refractivity contribution >= 4 is 17.0 Å². The van der Waals surface area contributed by atoms with Crippen LogP contribution in [0.3, 0.4) is 0 Å². The van der Waals surface area contributed by atoms with Crippen LogP contribution in [0.1, 0.15) is 12.5 Å². The van der Waals surface area contributed by atoms with Gasteiger partial charge in [0.15, 0.2) is 17.0 Å². The minimum atomic E-state index is -0.537. The van der Waals surface area contributed by atoms with Gasteiger partial charge in [-0.15, -0.1) is 0 Å². The molecule has 1 aliphatic rings. The topological polar surface area (TPSA) is 50.1 Å². The average molecular weight is 358 g/mol. The maximum atomic E-state index is 13.4. The van der Waals surface area contributed by atoms with E-state index in [-0.39, 0.29) is 6.04 Å². The van der Waals surface area contributed by atoms with E-state index in [0.717, 1.165) is 42.7 Å². The number of benzene rings is 1. The van der Waals surface area contributed by atoms with Gasteiger partial charge in [-0.3, -0.25) is 4.90 Å². The van der Waals surface area contributed by atoms with Crippen molar-refractivity contribution in [1.82, 2.24) is 24.4 Å². The molecule has 6 nitrogen and oxygen atoms in total. The zero-order valence-corrected chi connectivity index (χ0v) is 14.7. The molecule has 0 spiro atoms. The van der Waals surface area contributed by atoms with Crippen molar-refractivity contribution in [3.05, 3.63) is 48.1 Å². The minimum absolute atomic E-state index is 0.212. The molecular weight excluding hydrogens is 338 g/mol. The third-order valence-electron chi connectivity index (χ3n) is 4.85. The van der Waals surface area contributed by atoms with Crippen LogP contribution in [0, 0.1) is 11.6 Å². The molecule has 0 radical (unpaired) electrons. The van der Waals surface area contributed by atoms with Crippen molar-refractivity contribution in [2.24, 2.45) is 7.05 Å². The van der Waals surface area contributed by atoms with Crippen LogP contribution < -0.4 is 4.90 Å². The quantitative estimate of drug-likeness (QED) is 0.719. The number of imidazole rings is 1. The Balaban J connectivity index is 1.51. The first-order valence-electron chi connectivity index (χ1n) is 8.57. The first kappa shape index (κ1) is 16.8. The van der Waals surface area contributed by atoms with Gasteiger partial charge in [-0.25, -0.2) is 23.7 Å². The number of halogens is 2. The molecule has 26 heavy (non-hydrogen) atoms. The summed E-state index contributed by atoms with van der Waals surface area (Å²) >= 11 is 0. The van der Waals surface area contributed by atoms with Crippen LogP contribution in [0.5, 0.6) is 0 Å². The highest BCUT2D eigenvalue weighted by Gasteiger charge is 2.26. The number of hydrogen-bond acceptors (Lipinski definition) is 5. The monoisotopic (exact) mass is 358 g/mol. The molecule has 0 N–H and O–H groups in total. The molecule has 1 saturated heterocycles. The lowest BCUT2D eigenvalue weighted by atomic mass is 10.1. The van der Waals surface area contributed by atoms with Crippen molar-refractivity contribution in [3.63, 3.8) is 0 Å². The molecule has 0 amide bonds. The fourth-order valence-electron chi connectivity index (χ4n) is 3.52. The predicted octanol–water partition coefficient (Wildman–Crippen LogP) is 2.35. The number of hydrogen-bond donors (Lipinski definition) is 0. The zero-order valence-electron chi connectivity index (χ0n) is 14.7. The Bertz CT molecular complexity index is 920. The van der Waals surface area contributed by atoms with Crippen molar-refractivity contribution in [3.8, 4) is 0 Å². The van der Waals surface area contributed by atoms with Gasteiger partial charge in [-0.05, 0) is 24.6 Å². The molecule has 4 rings (SSSR count). The lowest BCUT2D eigenvalue weighted by molar-refractivity contribution is 0.180. The summed E-state index contributed by atoms with van der Waals surface area (Å²) in [4.78, 5) is 17.6. The van der Waals surface area contributed by atoms with E-state index in [9.17, 15) is 8.78 Å². The minimum Gasteiger partial charge on any atom is -0.352 e. The summed E-state index contributed by atoms with van der Waals surface area (Å²) in [5.41, 5.74) is 2.25. The summed E-state index contributed by atoms with van der Waals surface area (Å²) in [6.07, 6.45) is 3.30. The van der Waals surface area contributed by atoms with Crippen LogP contribution >= 0.6 is 0 Å². The molecule has 136 valence electrons. The van der Waals surface area contributed by atoms with E-state index in [1.54, 1.807) is 12.7 Å². The number of fused-ring (bicyclic) bond motifs is 1. The van der Waals surface area contributed by atoms with Gasteiger partial charge in [-0.1, -0.05) is 0 Å². The standard InChI is InChI=1S/C18H20F2N6/c1-12-8-26(18-16-17(21-10-22-18)24(2)11-23-16)4-3-25(12)9-13-5-14(19)7-15(20)6-13/h5-7,10-12H,3-4,8-9H2,1-2H3. The molecular formula is C18H20F2N6. The molecule has 3 heterocycles. The second-order valence-corrected chi connectivity index (χ2v) is 6.77. The van der Waals surface area contributed by atoms with Gasteiger partial charge in [-0.2, -0.15) is 0 Å². The summed E-state index contributed by atoms with van der Waals surface area (Å²) in [5, 5.41) is 0. The average Bonchev–Trinajstić information content (AvgIpc) is 2.97. The van der Waals surface area contributed by atoms with Crippen LogP contribution in [-0.2, 0) is 13.6 Å². The van der Waals surface area contributed by atoms with E-state index in [1.165, 1.54) is 12.1 Å². The molecule has 1 unspecified atom stereocenters. The number of anilines is 1. The second kappa shape index (κ2) is 6.60. The highest BCUT2D eigenvalue weighted by atomic mass is 19.1. The Labute approximate surface area is 150 Å². The molecule has 1 atom stereocenters. The number of rotatable bonds is 3. The molecule has 2 aromatic heterocycles. The Morgan fingerprint density at radius 2 is 1.85 bits per heavy atom. The van der Waals surface area contributed by atoms with Gasteiger partial charge in [0.05, 0.1) is 6.33 Å². The Kier molecular flexibility index (Phi) is 4.28. The number of piperazine rings is 1. The van der Waals surface area contributed by atoms with Crippen LogP contribution in [0.2, 0.25) is 0 Å². The molecule has 0 aliphatic carbocycles. The van der Waals surface area contributed by atoms with Gasteiger partial charge in [0.1, 0.15) is 18.0 Å². The Morgan fingerprint density at radius 1 is 1.08 bits per heavy atom. The summed E-state index contributed by atoms with van der Waals surface area (Å²) < 4.78 is 28.7. The SMILES string of the molecule is CC1CN(c2ncnc3c2ncn3C)CCN1Cc1cc(F)cc(F)c1. The van der Waals surface area contributed by atoms with Gasteiger partial charge < -0.3 is 9.47 Å². The fourth-order valence-corrected chi connectivity index (χ4v) is 3.52. The highest BCUT2D eigenvalue weighted by molar-refractivity contribution is 5.83. The summed E-state index contributed by atoms with van der Waals surface area (Å²) in [7, 11) is 1.91. The number of aromatic nitrogens is 4. The van der Waals surface area contributed by atoms with E-state index < -0.39 is 11.6 Å². The van der Waals surface area contributed by atoms with Crippen LogP contribution in [0.4, 0.5) is 14.6 Å². The fraction of sp³-hybridized carbons (Fsp3) is 0.389. The molecule has 0 saturated carbocycles. The third kappa shape index (κ3) is 3.12. The molecule has 8 heteroatoms. The van der Waals surface area contributed by atoms with E-state index in [4.69, 9.17) is 0 Å². The number of nitrogens with zero attached hydrogens (tertiary/aromatic N) is 6. The molecule has 1 aromatic carbocycles. The normalized spacial score (nSPS) is 18.6. The maximum Gasteiger partial charge on any atom is 0.165 e. The van der Waals surface area contributed by atoms with Gasteiger partial charge in [0, 0.05) is 45.3 Å². The van der Waals surface area contributed by atoms with E-state index in [0.29, 0.717) is 12.1 Å². The zero-order chi connectivity index (χ0) is 18.3. The van der Waals surface area contributed by atoms with Gasteiger partial charge >= 0.3 is 0 Å². The smallest absolute Gasteiger partial charge is 0.165 e. The van der Waals surface area contributed by atoms with E-state index >= 15 is 0 Å². The van der Waals surface area contributed by atoms with Crippen molar-refractivity contribution in [2.75, 3.05) is 24.5 Å². The van der Waals surface area contributed by atoms with E-state index in [2.05, 4.69) is 31.7 Å². The maximum absolute atomic E-state index is 13.4. The van der Waals surface area contributed by atoms with Crippen LogP contribution in [0.25, 0.3) is 11.2 Å². The first-order valence-corrected chi connectivity index (χ1v) is 8.57. The Morgan fingerprint density at radius 3 is 2.58 bits per heavy atom. The van der Waals surface area contributed by atoms with E-state index in [1.807, 2.05) is 11.6 Å². The first-order chi connectivity index (χ1) is 12.5. The summed E-state index contributed by atoms with van der Waals surface area (Å²) in [6.45, 7) is 4.94. The molecule has 1 aliphatic heterocycles. The summed E-state index contributed by atoms with van der Waals surface area (Å²) in [6, 6.07) is 3.90. The van der Waals surface area contributed by atoms with Gasteiger partial charge in [0.25, 0.3) is 0 Å². The van der Waals surface area contributed by atoms with Crippen LogP contribution in [-0.4, -0.2) is 50.1 Å². The van der Waals surface area contributed by atoms with Crippen LogP contribution in [0.15, 0.2) is 30.9 Å². The van der Waals surface area contributed by atoms with Gasteiger partial charge in [0.2, 0.25) is 0 Å². The second-order valence-electron chi connectivity index (χ2n) is 6.77. The Hall–Kier alpha value is -2.61. The lowest BCUT2D eigenvalue weighted by Gasteiger charge is -2.40. The van der Waals surface area contributed by atoms with Crippen molar-refractivity contribution in [1.29, 1.82) is 0 Å². The highest BCUT2D eigenvalue weighted by Crippen LogP contribution is 2.24. The third-order valence-corrected chi connectivity index (χ3v) is 4.85. The largest absolute Gasteiger partial charge is 0.352 e. The van der Waals surface area contributed by atoms with Crippen molar-refractivity contribution in [2.45, 2.75) is 19.5 Å². The lowest BCUT2D eigenvalue weighted by Crippen LogP contribution is -2.51. The molecule has 0 bridgehead atoms. The van der Waals surface area contributed by atoms with Crippen molar-refractivity contribution < 1.29 is 8.78 Å².